The number of carbonyl (C=O) groups is 1. The Morgan fingerprint density at radius 1 is 1.16 bits per heavy atom. The number of carbonyl (C=O) groups excluding carboxylic acids is 1. The molecule has 9 heteroatoms. The van der Waals surface area contributed by atoms with Gasteiger partial charge >= 0.3 is 0 Å². The van der Waals surface area contributed by atoms with E-state index in [4.69, 9.17) is 4.74 Å². The maximum atomic E-state index is 13.5. The number of amides is 1. The highest BCUT2D eigenvalue weighted by molar-refractivity contribution is 9.10. The average molecular weight is 524 g/mol. The van der Waals surface area contributed by atoms with Gasteiger partial charge in [0, 0.05) is 6.54 Å². The predicted molar refractivity (Wildman–Crippen MR) is 130 cm³/mol. The summed E-state index contributed by atoms with van der Waals surface area (Å²) < 4.78 is 33.9. The molecule has 0 bridgehead atoms. The third-order valence-electron chi connectivity index (χ3n) is 5.49. The molecule has 0 unspecified atom stereocenters. The Labute approximate surface area is 198 Å². The Morgan fingerprint density at radius 2 is 1.84 bits per heavy atom. The standard InChI is InChI=1S/C23H30BrN3O4S/c1-18-6-8-19(9-7-18)27(17-23(28)25-12-5-15-26-13-3-4-14-26)32(29,30)20-10-11-22(31-2)21(24)16-20/h6-11,16H,3-5,12-15,17H2,1-2H3,(H,25,28). The molecule has 1 aliphatic heterocycles. The Kier molecular flexibility index (Phi) is 8.56. The number of hydrogen-bond donors (Lipinski definition) is 1. The van der Waals surface area contributed by atoms with E-state index in [1.165, 1.54) is 32.1 Å². The quantitative estimate of drug-likeness (QED) is 0.481. The Hall–Kier alpha value is -2.10. The lowest BCUT2D eigenvalue weighted by atomic mass is 10.2. The van der Waals surface area contributed by atoms with Crippen molar-refractivity contribution in [3.63, 3.8) is 0 Å². The summed E-state index contributed by atoms with van der Waals surface area (Å²) in [6, 6.07) is 11.6. The van der Waals surface area contributed by atoms with Crippen LogP contribution in [0.4, 0.5) is 5.69 Å². The zero-order chi connectivity index (χ0) is 23.1. The molecule has 0 aromatic heterocycles. The number of rotatable bonds is 10. The minimum Gasteiger partial charge on any atom is -0.496 e. The van der Waals surface area contributed by atoms with Crippen LogP contribution >= 0.6 is 15.9 Å². The molecule has 0 spiro atoms. The van der Waals surface area contributed by atoms with Gasteiger partial charge < -0.3 is 15.0 Å². The first-order chi connectivity index (χ1) is 15.3. The van der Waals surface area contributed by atoms with Crippen LogP contribution in [-0.4, -0.2) is 59.1 Å². The molecule has 3 rings (SSSR count). The van der Waals surface area contributed by atoms with Crippen molar-refractivity contribution in [1.29, 1.82) is 0 Å². The summed E-state index contributed by atoms with van der Waals surface area (Å²) in [5.41, 5.74) is 1.44. The largest absolute Gasteiger partial charge is 0.496 e. The molecule has 1 N–H and O–H groups in total. The number of hydrogen-bond acceptors (Lipinski definition) is 5. The normalized spacial score (nSPS) is 14.3. The van der Waals surface area contributed by atoms with E-state index in [9.17, 15) is 13.2 Å². The highest BCUT2D eigenvalue weighted by atomic mass is 79.9. The van der Waals surface area contributed by atoms with Crippen molar-refractivity contribution >= 4 is 37.5 Å². The number of ether oxygens (including phenoxy) is 1. The van der Waals surface area contributed by atoms with E-state index in [-0.39, 0.29) is 17.3 Å². The van der Waals surface area contributed by atoms with Crippen molar-refractivity contribution < 1.29 is 17.9 Å². The summed E-state index contributed by atoms with van der Waals surface area (Å²) in [4.78, 5) is 15.1. The van der Waals surface area contributed by atoms with Gasteiger partial charge in [-0.15, -0.1) is 0 Å². The lowest BCUT2D eigenvalue weighted by molar-refractivity contribution is -0.119. The van der Waals surface area contributed by atoms with Gasteiger partial charge in [0.15, 0.2) is 0 Å². The van der Waals surface area contributed by atoms with Crippen LogP contribution in [0.3, 0.4) is 0 Å². The van der Waals surface area contributed by atoms with Crippen LogP contribution in [0.25, 0.3) is 0 Å². The molecule has 174 valence electrons. The molecule has 0 radical (unpaired) electrons. The molecule has 7 nitrogen and oxygen atoms in total. The van der Waals surface area contributed by atoms with Crippen molar-refractivity contribution in [3.05, 3.63) is 52.5 Å². The summed E-state index contributed by atoms with van der Waals surface area (Å²) >= 11 is 3.34. The predicted octanol–water partition coefficient (Wildman–Crippen LogP) is 3.56. The van der Waals surface area contributed by atoms with E-state index in [1.54, 1.807) is 18.2 Å². The number of sulfonamides is 1. The SMILES string of the molecule is COc1ccc(S(=O)(=O)N(CC(=O)NCCCN2CCCC2)c2ccc(C)cc2)cc1Br. The molecule has 2 aromatic carbocycles. The zero-order valence-corrected chi connectivity index (χ0v) is 20.9. The molecule has 1 fully saturated rings. The van der Waals surface area contributed by atoms with Crippen LogP contribution in [-0.2, 0) is 14.8 Å². The topological polar surface area (TPSA) is 79.0 Å². The van der Waals surface area contributed by atoms with Crippen LogP contribution in [0, 0.1) is 6.92 Å². The highest BCUT2D eigenvalue weighted by Crippen LogP contribution is 2.30. The second kappa shape index (κ2) is 11.2. The number of aryl methyl sites for hydroxylation is 1. The van der Waals surface area contributed by atoms with E-state index in [0.29, 0.717) is 22.5 Å². The third-order valence-corrected chi connectivity index (χ3v) is 7.88. The van der Waals surface area contributed by atoms with Gasteiger partial charge in [-0.3, -0.25) is 9.10 Å². The monoisotopic (exact) mass is 523 g/mol. The molecular weight excluding hydrogens is 494 g/mol. The molecule has 32 heavy (non-hydrogen) atoms. The molecule has 2 aromatic rings. The second-order valence-corrected chi connectivity index (χ2v) is 10.6. The highest BCUT2D eigenvalue weighted by Gasteiger charge is 2.28. The number of likely N-dealkylation sites (tertiary alicyclic amines) is 1. The van der Waals surface area contributed by atoms with E-state index in [1.807, 2.05) is 19.1 Å². The Bertz CT molecular complexity index is 1020. The summed E-state index contributed by atoms with van der Waals surface area (Å²) in [7, 11) is -2.46. The smallest absolute Gasteiger partial charge is 0.264 e. The van der Waals surface area contributed by atoms with E-state index >= 15 is 0 Å². The van der Waals surface area contributed by atoms with Crippen molar-refractivity contribution in [2.24, 2.45) is 0 Å². The van der Waals surface area contributed by atoms with Gasteiger partial charge in [-0.05, 0) is 92.1 Å². The van der Waals surface area contributed by atoms with Crippen molar-refractivity contribution in [3.8, 4) is 5.75 Å². The molecule has 1 saturated heterocycles. The number of nitrogens with zero attached hydrogens (tertiary/aromatic N) is 2. The summed E-state index contributed by atoms with van der Waals surface area (Å²) in [6.07, 6.45) is 3.31. The van der Waals surface area contributed by atoms with Crippen molar-refractivity contribution in [2.45, 2.75) is 31.1 Å². The lowest BCUT2D eigenvalue weighted by Gasteiger charge is -2.24. The number of nitrogens with one attached hydrogen (secondary N) is 1. The van der Waals surface area contributed by atoms with E-state index in [0.717, 1.165) is 35.9 Å². The van der Waals surface area contributed by atoms with Gasteiger partial charge in [0.1, 0.15) is 12.3 Å². The van der Waals surface area contributed by atoms with Crippen molar-refractivity contribution in [1.82, 2.24) is 10.2 Å². The van der Waals surface area contributed by atoms with Crippen LogP contribution in [0.2, 0.25) is 0 Å². The molecule has 0 aliphatic carbocycles. The van der Waals surface area contributed by atoms with Crippen LogP contribution in [0.5, 0.6) is 5.75 Å². The van der Waals surface area contributed by atoms with Crippen LogP contribution in [0.1, 0.15) is 24.8 Å². The summed E-state index contributed by atoms with van der Waals surface area (Å²) in [5.74, 6) is 0.199. The molecule has 1 aliphatic rings. The fraction of sp³-hybridized carbons (Fsp3) is 0.435. The lowest BCUT2D eigenvalue weighted by Crippen LogP contribution is -2.41. The van der Waals surface area contributed by atoms with E-state index in [2.05, 4.69) is 26.1 Å². The minimum atomic E-state index is -3.97. The van der Waals surface area contributed by atoms with Gasteiger partial charge in [0.2, 0.25) is 5.91 Å². The fourth-order valence-corrected chi connectivity index (χ4v) is 5.82. The molecular formula is C23H30BrN3O4S. The third kappa shape index (κ3) is 6.24. The Balaban J connectivity index is 1.75. The summed E-state index contributed by atoms with van der Waals surface area (Å²) in [5, 5.41) is 2.87. The van der Waals surface area contributed by atoms with E-state index < -0.39 is 10.0 Å². The first-order valence-corrected chi connectivity index (χ1v) is 13.0. The number of halogens is 1. The van der Waals surface area contributed by atoms with Gasteiger partial charge in [0.05, 0.1) is 22.2 Å². The number of benzene rings is 2. The van der Waals surface area contributed by atoms with Crippen LogP contribution < -0.4 is 14.4 Å². The first kappa shape index (κ1) is 24.5. The first-order valence-electron chi connectivity index (χ1n) is 10.7. The minimum absolute atomic E-state index is 0.0765. The number of anilines is 1. The maximum absolute atomic E-state index is 13.5. The zero-order valence-electron chi connectivity index (χ0n) is 18.5. The molecule has 0 saturated carbocycles. The van der Waals surface area contributed by atoms with Gasteiger partial charge in [-0.2, -0.15) is 0 Å². The van der Waals surface area contributed by atoms with Crippen LogP contribution in [0.15, 0.2) is 51.8 Å². The molecule has 1 amide bonds. The van der Waals surface area contributed by atoms with Gasteiger partial charge in [0.25, 0.3) is 10.0 Å². The molecule has 0 atom stereocenters. The molecule has 1 heterocycles. The Morgan fingerprint density at radius 3 is 2.47 bits per heavy atom. The van der Waals surface area contributed by atoms with Gasteiger partial charge in [-0.25, -0.2) is 8.42 Å². The number of methoxy groups -OCH3 is 1. The second-order valence-electron chi connectivity index (χ2n) is 7.90. The van der Waals surface area contributed by atoms with Gasteiger partial charge in [-0.1, -0.05) is 17.7 Å². The fourth-order valence-electron chi connectivity index (χ4n) is 3.68. The maximum Gasteiger partial charge on any atom is 0.264 e. The summed E-state index contributed by atoms with van der Waals surface area (Å²) in [6.45, 7) is 5.33. The average Bonchev–Trinajstić information content (AvgIpc) is 3.29. The van der Waals surface area contributed by atoms with Crippen molar-refractivity contribution in [2.75, 3.05) is 44.1 Å².